The molecule has 7 heteroatoms. The number of imidazole rings is 1. The van der Waals surface area contributed by atoms with Crippen LogP contribution in [0, 0.1) is 12.7 Å². The van der Waals surface area contributed by atoms with Crippen LogP contribution in [0.2, 0.25) is 0 Å². The number of unbranched alkanes of at least 4 members (excludes halogenated alkanes) is 1. The number of fused-ring (bicyclic) bond motifs is 1. The fourth-order valence-corrected chi connectivity index (χ4v) is 4.59. The van der Waals surface area contributed by atoms with Crippen molar-refractivity contribution in [3.63, 3.8) is 0 Å². The van der Waals surface area contributed by atoms with Gasteiger partial charge in [0.05, 0.1) is 23.1 Å². The molecule has 0 fully saturated rings. The first kappa shape index (κ1) is 25.9. The van der Waals surface area contributed by atoms with Gasteiger partial charge in [-0.2, -0.15) is 5.10 Å². The highest BCUT2D eigenvalue weighted by Gasteiger charge is 2.18. The van der Waals surface area contributed by atoms with Crippen molar-refractivity contribution in [2.24, 2.45) is 0 Å². The largest absolute Gasteiger partial charge is 0.358 e. The Kier molecular flexibility index (Phi) is 7.50. The van der Waals surface area contributed by atoms with Crippen LogP contribution in [0.25, 0.3) is 39.1 Å². The molecular formula is C32H31FN6. The number of benzene rings is 2. The predicted octanol–water partition coefficient (Wildman–Crippen LogP) is 8.20. The molecule has 2 aromatic carbocycles. The summed E-state index contributed by atoms with van der Waals surface area (Å²) < 4.78 is 13.5. The van der Waals surface area contributed by atoms with Gasteiger partial charge in [-0.3, -0.25) is 10.1 Å². The van der Waals surface area contributed by atoms with E-state index in [1.807, 2.05) is 31.5 Å². The van der Waals surface area contributed by atoms with Gasteiger partial charge < -0.3 is 10.3 Å². The number of aromatic amines is 2. The number of pyridine rings is 1. The summed E-state index contributed by atoms with van der Waals surface area (Å²) in [5.41, 5.74) is 8.85. The van der Waals surface area contributed by atoms with Crippen LogP contribution < -0.4 is 5.32 Å². The van der Waals surface area contributed by atoms with E-state index in [2.05, 4.69) is 63.8 Å². The van der Waals surface area contributed by atoms with Gasteiger partial charge in [0, 0.05) is 34.1 Å². The first-order valence-corrected chi connectivity index (χ1v) is 13.0. The van der Waals surface area contributed by atoms with E-state index in [-0.39, 0.29) is 5.82 Å². The minimum atomic E-state index is -0.284. The fourth-order valence-electron chi connectivity index (χ4n) is 4.59. The highest BCUT2D eigenvalue weighted by Crippen LogP contribution is 2.33. The third-order valence-corrected chi connectivity index (χ3v) is 6.59. The van der Waals surface area contributed by atoms with Crippen LogP contribution in [-0.2, 0) is 0 Å². The molecule has 0 saturated carbocycles. The zero-order valence-electron chi connectivity index (χ0n) is 22.2. The van der Waals surface area contributed by atoms with Crippen LogP contribution >= 0.6 is 0 Å². The van der Waals surface area contributed by atoms with Crippen LogP contribution in [0.4, 0.5) is 10.1 Å². The molecule has 0 aliphatic rings. The number of aryl methyl sites for hydroxylation is 1. The highest BCUT2D eigenvalue weighted by atomic mass is 19.1. The van der Waals surface area contributed by atoms with Gasteiger partial charge in [-0.15, -0.1) is 0 Å². The van der Waals surface area contributed by atoms with Crippen molar-refractivity contribution in [3.8, 4) is 22.6 Å². The van der Waals surface area contributed by atoms with Crippen LogP contribution in [0.3, 0.4) is 0 Å². The smallest absolute Gasteiger partial charge is 0.159 e. The molecule has 39 heavy (non-hydrogen) atoms. The highest BCUT2D eigenvalue weighted by molar-refractivity contribution is 5.95. The van der Waals surface area contributed by atoms with Gasteiger partial charge in [0.15, 0.2) is 5.82 Å². The van der Waals surface area contributed by atoms with E-state index in [1.165, 1.54) is 12.1 Å². The number of aromatic nitrogens is 5. The summed E-state index contributed by atoms with van der Waals surface area (Å²) in [6.07, 6.45) is 10.4. The lowest BCUT2D eigenvalue weighted by Gasteiger charge is -2.10. The number of halogens is 1. The van der Waals surface area contributed by atoms with Crippen molar-refractivity contribution in [2.45, 2.75) is 33.1 Å². The molecular weight excluding hydrogens is 487 g/mol. The van der Waals surface area contributed by atoms with Crippen LogP contribution in [-0.4, -0.2) is 25.1 Å². The third-order valence-electron chi connectivity index (χ3n) is 6.59. The quantitative estimate of drug-likeness (QED) is 0.163. The molecule has 6 nitrogen and oxygen atoms in total. The molecule has 196 valence electrons. The summed E-state index contributed by atoms with van der Waals surface area (Å²) in [5, 5.41) is 12.0. The Hall–Kier alpha value is -4.78. The summed E-state index contributed by atoms with van der Waals surface area (Å²) in [7, 11) is 0. The number of rotatable bonds is 10. The van der Waals surface area contributed by atoms with E-state index in [1.54, 1.807) is 18.2 Å². The number of H-pyrrole nitrogens is 2. The molecule has 0 amide bonds. The van der Waals surface area contributed by atoms with E-state index in [4.69, 9.17) is 4.98 Å². The van der Waals surface area contributed by atoms with Gasteiger partial charge >= 0.3 is 0 Å². The van der Waals surface area contributed by atoms with Gasteiger partial charge in [-0.05, 0) is 61.2 Å². The van der Waals surface area contributed by atoms with Crippen LogP contribution in [0.15, 0.2) is 91.9 Å². The van der Waals surface area contributed by atoms with Crippen LogP contribution in [0.5, 0.6) is 0 Å². The van der Waals surface area contributed by atoms with Crippen LogP contribution in [0.1, 0.15) is 43.1 Å². The lowest BCUT2D eigenvalue weighted by atomic mass is 10.0. The molecule has 0 aliphatic carbocycles. The zero-order valence-corrected chi connectivity index (χ0v) is 22.2. The van der Waals surface area contributed by atoms with Gasteiger partial charge in [0.25, 0.3) is 0 Å². The SMILES string of the molecule is C=C/C=C(/c1ccc(F)cc1)c1nc(-c2n[nH]c3ccc(-c4cncc(NC(=C)CCCC)c4)cc23)[nH]c1C. The number of allylic oxidation sites excluding steroid dienone is 3. The monoisotopic (exact) mass is 518 g/mol. The second-order valence-corrected chi connectivity index (χ2v) is 9.51. The number of nitrogens with zero attached hydrogens (tertiary/aromatic N) is 3. The molecule has 5 aromatic rings. The van der Waals surface area contributed by atoms with Crippen molar-refractivity contribution >= 4 is 22.2 Å². The molecule has 3 heterocycles. The molecule has 0 unspecified atom stereocenters. The van der Waals surface area contributed by atoms with Gasteiger partial charge in [0.1, 0.15) is 11.5 Å². The zero-order chi connectivity index (χ0) is 27.4. The lowest BCUT2D eigenvalue weighted by molar-refractivity contribution is 0.627. The first-order chi connectivity index (χ1) is 19.0. The second kappa shape index (κ2) is 11.3. The molecule has 5 rings (SSSR count). The second-order valence-electron chi connectivity index (χ2n) is 9.51. The Labute approximate surface area is 227 Å². The summed E-state index contributed by atoms with van der Waals surface area (Å²) in [6.45, 7) is 12.1. The Morgan fingerprint density at radius 1 is 1.08 bits per heavy atom. The Morgan fingerprint density at radius 3 is 2.67 bits per heavy atom. The summed E-state index contributed by atoms with van der Waals surface area (Å²) >= 11 is 0. The van der Waals surface area contributed by atoms with E-state index >= 15 is 0 Å². The number of anilines is 1. The summed E-state index contributed by atoms with van der Waals surface area (Å²) in [6, 6.07) is 14.6. The minimum Gasteiger partial charge on any atom is -0.358 e. The normalized spacial score (nSPS) is 11.6. The predicted molar refractivity (Wildman–Crippen MR) is 158 cm³/mol. The third kappa shape index (κ3) is 5.57. The first-order valence-electron chi connectivity index (χ1n) is 13.0. The molecule has 0 spiro atoms. The average molecular weight is 519 g/mol. The Morgan fingerprint density at radius 2 is 1.90 bits per heavy atom. The lowest BCUT2D eigenvalue weighted by Crippen LogP contribution is -1.98. The van der Waals surface area contributed by atoms with E-state index in [0.29, 0.717) is 11.5 Å². The summed E-state index contributed by atoms with van der Waals surface area (Å²) in [5.74, 6) is 0.358. The minimum absolute atomic E-state index is 0.284. The van der Waals surface area contributed by atoms with Crippen molar-refractivity contribution in [2.75, 3.05) is 5.32 Å². The van der Waals surface area contributed by atoms with Crippen molar-refractivity contribution in [1.29, 1.82) is 0 Å². The molecule has 3 N–H and O–H groups in total. The molecule has 0 bridgehead atoms. The van der Waals surface area contributed by atoms with E-state index in [9.17, 15) is 4.39 Å². The van der Waals surface area contributed by atoms with E-state index < -0.39 is 0 Å². The van der Waals surface area contributed by atoms with Gasteiger partial charge in [-0.25, -0.2) is 9.37 Å². The van der Waals surface area contributed by atoms with Crippen molar-refractivity contribution in [1.82, 2.24) is 25.1 Å². The van der Waals surface area contributed by atoms with Crippen molar-refractivity contribution in [3.05, 3.63) is 115 Å². The molecule has 0 radical (unpaired) electrons. The Bertz CT molecular complexity index is 1670. The molecule has 3 aromatic heterocycles. The molecule has 0 aliphatic heterocycles. The van der Waals surface area contributed by atoms with Gasteiger partial charge in [0.2, 0.25) is 0 Å². The molecule has 0 saturated heterocycles. The fraction of sp³-hybridized carbons (Fsp3) is 0.156. The average Bonchev–Trinajstić information content (AvgIpc) is 3.54. The summed E-state index contributed by atoms with van der Waals surface area (Å²) in [4.78, 5) is 12.8. The van der Waals surface area contributed by atoms with Crippen molar-refractivity contribution < 1.29 is 4.39 Å². The topological polar surface area (TPSA) is 82.3 Å². The maximum atomic E-state index is 13.5. The maximum absolute atomic E-state index is 13.5. The van der Waals surface area contributed by atoms with E-state index in [0.717, 1.165) is 75.2 Å². The van der Waals surface area contributed by atoms with Gasteiger partial charge in [-0.1, -0.05) is 56.9 Å². The maximum Gasteiger partial charge on any atom is 0.159 e. The number of hydrogen-bond donors (Lipinski definition) is 3. The molecule has 0 atom stereocenters. The number of hydrogen-bond acceptors (Lipinski definition) is 4. The Balaban J connectivity index is 1.49. The standard InChI is InChI=1S/C32H31FN6/c1-5-7-9-20(3)35-26-16-24(18-34-19-26)23-12-15-29-28(17-23)31(39-38-29)32-36-21(4)30(37-32)27(8-6-2)22-10-13-25(33)14-11-22/h6,8,10-19,35H,2-3,5,7,9H2,1,4H3,(H,36,37)(H,38,39)/b27-8-. The number of nitrogens with one attached hydrogen (secondary N) is 3.